The Bertz CT molecular complexity index is 1470. The summed E-state index contributed by atoms with van der Waals surface area (Å²) < 4.78 is 39.5. The summed E-state index contributed by atoms with van der Waals surface area (Å²) >= 11 is 9.53. The maximum absolute atomic E-state index is 13.7. The van der Waals surface area contributed by atoms with E-state index in [0.717, 1.165) is 10.2 Å². The number of rotatable bonds is 6. The molecule has 0 amide bonds. The molecule has 0 bridgehead atoms. The Morgan fingerprint density at radius 2 is 1.61 bits per heavy atom. The van der Waals surface area contributed by atoms with Gasteiger partial charge in [0.05, 0.1) is 12.0 Å². The first-order valence-electron chi connectivity index (χ1n) is 11.3. The quantitative estimate of drug-likeness (QED) is 0.277. The Morgan fingerprint density at radius 3 is 2.25 bits per heavy atom. The Kier molecular flexibility index (Phi) is 6.96. The first-order valence-corrected chi connectivity index (χ1v) is 13.9. The zero-order valence-corrected chi connectivity index (χ0v) is 22.6. The highest BCUT2D eigenvalue weighted by Gasteiger charge is 2.33. The van der Waals surface area contributed by atoms with Crippen molar-refractivity contribution in [2.45, 2.75) is 9.92 Å². The molecule has 1 saturated heterocycles. The number of halogens is 2. The molecule has 0 atom stereocenters. The van der Waals surface area contributed by atoms with Crippen LogP contribution in [0.25, 0.3) is 11.5 Å². The van der Waals surface area contributed by atoms with Crippen molar-refractivity contribution < 1.29 is 17.6 Å². The number of piperazine rings is 1. The Labute approximate surface area is 223 Å². The van der Waals surface area contributed by atoms with E-state index in [1.54, 1.807) is 55.6 Å². The van der Waals surface area contributed by atoms with Gasteiger partial charge < -0.3 is 19.0 Å². The lowest BCUT2D eigenvalue weighted by atomic mass is 10.2. The lowest BCUT2D eigenvalue weighted by molar-refractivity contribution is 0.415. The van der Waals surface area contributed by atoms with Gasteiger partial charge in [-0.05, 0) is 66.7 Å². The Balaban J connectivity index is 1.50. The lowest BCUT2D eigenvalue weighted by Gasteiger charge is -2.36. The maximum Gasteiger partial charge on any atom is 0.236 e. The van der Waals surface area contributed by atoms with E-state index in [-0.39, 0.29) is 21.7 Å². The summed E-state index contributed by atoms with van der Waals surface area (Å²) in [5, 5.41) is 0.587. The zero-order chi connectivity index (χ0) is 25.3. The summed E-state index contributed by atoms with van der Waals surface area (Å²) in [5.74, 6) is 1.17. The zero-order valence-electron chi connectivity index (χ0n) is 19.4. The molecule has 0 spiro atoms. The molecule has 5 rings (SSSR count). The van der Waals surface area contributed by atoms with Gasteiger partial charge in [-0.2, -0.15) is 4.98 Å². The van der Waals surface area contributed by atoms with Crippen molar-refractivity contribution in [3.63, 3.8) is 0 Å². The molecule has 10 heteroatoms. The first-order chi connectivity index (χ1) is 17.3. The number of methoxy groups -OCH3 is 1. The third-order valence-electron chi connectivity index (χ3n) is 6.04. The van der Waals surface area contributed by atoms with Gasteiger partial charge in [0, 0.05) is 46.9 Å². The van der Waals surface area contributed by atoms with Crippen LogP contribution in [0.5, 0.6) is 5.75 Å². The highest BCUT2D eigenvalue weighted by Crippen LogP contribution is 2.36. The van der Waals surface area contributed by atoms with Gasteiger partial charge in [-0.15, -0.1) is 0 Å². The number of nitrogens with zero attached hydrogens (tertiary/aromatic N) is 3. The van der Waals surface area contributed by atoms with Crippen LogP contribution in [0, 0.1) is 0 Å². The molecule has 1 aromatic heterocycles. The minimum absolute atomic E-state index is 0.0909. The van der Waals surface area contributed by atoms with Crippen molar-refractivity contribution in [1.82, 2.24) is 4.98 Å². The van der Waals surface area contributed by atoms with Crippen LogP contribution in [-0.4, -0.2) is 46.7 Å². The summed E-state index contributed by atoms with van der Waals surface area (Å²) in [6.07, 6.45) is 0. The number of sulfone groups is 1. The van der Waals surface area contributed by atoms with E-state index < -0.39 is 9.84 Å². The predicted octanol–water partition coefficient (Wildman–Crippen LogP) is 5.93. The molecular weight excluding hydrogens is 566 g/mol. The van der Waals surface area contributed by atoms with Crippen LogP contribution in [0.15, 0.2) is 91.6 Å². The van der Waals surface area contributed by atoms with Crippen molar-refractivity contribution in [2.24, 2.45) is 0 Å². The molecule has 7 nitrogen and oxygen atoms in total. The van der Waals surface area contributed by atoms with E-state index in [2.05, 4.69) is 25.8 Å². The number of benzene rings is 3. The van der Waals surface area contributed by atoms with Gasteiger partial charge in [0.1, 0.15) is 5.75 Å². The molecular formula is C26H23BrClN3O4S. The molecule has 0 N–H and O–H groups in total. The van der Waals surface area contributed by atoms with Gasteiger partial charge in [-0.1, -0.05) is 33.6 Å². The van der Waals surface area contributed by atoms with Crippen LogP contribution in [-0.2, 0) is 9.84 Å². The number of ether oxygens (including phenoxy) is 1. The topological polar surface area (TPSA) is 75.9 Å². The molecule has 2 heterocycles. The van der Waals surface area contributed by atoms with E-state index in [4.69, 9.17) is 20.8 Å². The van der Waals surface area contributed by atoms with Crippen molar-refractivity contribution in [2.75, 3.05) is 43.1 Å². The maximum atomic E-state index is 13.7. The predicted molar refractivity (Wildman–Crippen MR) is 144 cm³/mol. The molecule has 4 aromatic rings. The van der Waals surface area contributed by atoms with Crippen LogP contribution in [0.3, 0.4) is 0 Å². The minimum atomic E-state index is -3.93. The summed E-state index contributed by atoms with van der Waals surface area (Å²) in [7, 11) is -2.34. The average Bonchev–Trinajstić information content (AvgIpc) is 3.36. The molecule has 0 saturated carbocycles. The molecule has 1 aliphatic heterocycles. The molecule has 1 aliphatic rings. The Morgan fingerprint density at radius 1 is 0.944 bits per heavy atom. The fraction of sp³-hybridized carbons (Fsp3) is 0.192. The number of aromatic nitrogens is 1. The smallest absolute Gasteiger partial charge is 0.236 e. The minimum Gasteiger partial charge on any atom is -0.497 e. The normalized spacial score (nSPS) is 14.2. The molecule has 0 aliphatic carbocycles. The van der Waals surface area contributed by atoms with Crippen molar-refractivity contribution in [3.8, 4) is 17.2 Å². The largest absolute Gasteiger partial charge is 0.497 e. The van der Waals surface area contributed by atoms with Crippen molar-refractivity contribution >= 4 is 48.9 Å². The second-order valence-corrected chi connectivity index (χ2v) is 11.5. The average molecular weight is 589 g/mol. The van der Waals surface area contributed by atoms with Crippen molar-refractivity contribution in [1.29, 1.82) is 0 Å². The van der Waals surface area contributed by atoms with E-state index in [9.17, 15) is 8.42 Å². The monoisotopic (exact) mass is 587 g/mol. The molecule has 0 unspecified atom stereocenters. The van der Waals surface area contributed by atoms with Crippen LogP contribution in [0.4, 0.5) is 11.6 Å². The van der Waals surface area contributed by atoms with Crippen LogP contribution in [0.2, 0.25) is 5.02 Å². The molecule has 186 valence electrons. The summed E-state index contributed by atoms with van der Waals surface area (Å²) in [4.78, 5) is 8.79. The van der Waals surface area contributed by atoms with Gasteiger partial charge in [0.25, 0.3) is 0 Å². The van der Waals surface area contributed by atoms with Gasteiger partial charge >= 0.3 is 0 Å². The number of oxazole rings is 1. The van der Waals surface area contributed by atoms with Gasteiger partial charge in [0.15, 0.2) is 0 Å². The van der Waals surface area contributed by atoms with Gasteiger partial charge in [0.2, 0.25) is 26.6 Å². The Hall–Kier alpha value is -3.01. The molecule has 36 heavy (non-hydrogen) atoms. The van der Waals surface area contributed by atoms with Crippen molar-refractivity contribution in [3.05, 3.63) is 82.3 Å². The standard InChI is InChI=1S/C26H23BrClN3O4S/c1-34-22-9-5-18(6-10-22)24-29-25(36(32,33)23-11-7-19(27)8-12-23)26(35-24)31-15-13-30(14-16-31)21-4-2-3-20(28)17-21/h2-12,17H,13-16H2,1H3. The second kappa shape index (κ2) is 10.2. The summed E-state index contributed by atoms with van der Waals surface area (Å²) in [6.45, 7) is 2.48. The van der Waals surface area contributed by atoms with Crippen LogP contribution < -0.4 is 14.5 Å². The second-order valence-electron chi connectivity index (χ2n) is 8.27. The molecule has 3 aromatic carbocycles. The third-order valence-corrected chi connectivity index (χ3v) is 8.47. The lowest BCUT2D eigenvalue weighted by Crippen LogP contribution is -2.46. The fourth-order valence-corrected chi connectivity index (χ4v) is 5.87. The van der Waals surface area contributed by atoms with Gasteiger partial charge in [-0.3, -0.25) is 0 Å². The first kappa shape index (κ1) is 24.7. The molecule has 1 fully saturated rings. The number of hydrogen-bond acceptors (Lipinski definition) is 7. The summed E-state index contributed by atoms with van der Waals surface area (Å²) in [6, 6.07) is 21.4. The highest BCUT2D eigenvalue weighted by atomic mass is 79.9. The van der Waals surface area contributed by atoms with Crippen LogP contribution >= 0.6 is 27.5 Å². The number of hydrogen-bond donors (Lipinski definition) is 0. The van der Waals surface area contributed by atoms with E-state index in [1.807, 2.05) is 29.2 Å². The van der Waals surface area contributed by atoms with Crippen LogP contribution in [0.1, 0.15) is 0 Å². The summed E-state index contributed by atoms with van der Waals surface area (Å²) in [5.41, 5.74) is 1.69. The highest BCUT2D eigenvalue weighted by molar-refractivity contribution is 9.10. The van der Waals surface area contributed by atoms with E-state index in [0.29, 0.717) is 42.5 Å². The SMILES string of the molecule is COc1ccc(-c2nc(S(=O)(=O)c3ccc(Br)cc3)c(N3CCN(c4cccc(Cl)c4)CC3)o2)cc1. The van der Waals surface area contributed by atoms with Gasteiger partial charge in [-0.25, -0.2) is 8.42 Å². The fourth-order valence-electron chi connectivity index (χ4n) is 4.10. The third kappa shape index (κ3) is 4.96. The van der Waals surface area contributed by atoms with E-state index in [1.165, 1.54) is 0 Å². The van der Waals surface area contributed by atoms with E-state index >= 15 is 0 Å². The number of anilines is 2. The molecule has 0 radical (unpaired) electrons.